The quantitative estimate of drug-likeness (QED) is 0.598. The van der Waals surface area contributed by atoms with E-state index in [1.807, 2.05) is 27.7 Å². The van der Waals surface area contributed by atoms with E-state index >= 15 is 0 Å². The number of rotatable bonds is 3. The van der Waals surface area contributed by atoms with E-state index in [0.29, 0.717) is 0 Å². The maximum Gasteiger partial charge on any atom is 0.426 e. The topological polar surface area (TPSA) is 67.4 Å². The second-order valence-corrected chi connectivity index (χ2v) is 5.40. The van der Waals surface area contributed by atoms with Crippen LogP contribution >= 0.6 is 0 Å². The third-order valence-electron chi connectivity index (χ3n) is 3.27. The van der Waals surface area contributed by atoms with Crippen LogP contribution in [0.4, 0.5) is 4.79 Å². The first-order chi connectivity index (χ1) is 8.30. The number of carbonyl (C=O) groups excluding carboxylic acids is 2. The van der Waals surface area contributed by atoms with Crippen molar-refractivity contribution in [2.45, 2.75) is 34.6 Å². The molecule has 0 aromatic heterocycles. The summed E-state index contributed by atoms with van der Waals surface area (Å²) in [6, 6.07) is 0. The zero-order valence-corrected chi connectivity index (χ0v) is 11.7. The minimum Gasteiger partial charge on any atom is -0.449 e. The normalized spacial score (nSPS) is 23.8. The standard InChI is InChI=1S/C13H22N2O3/c1-6-18-12(17)15-14-11(16)10-9(7-8(2)3)13(10,4)5/h7,9-10H,6H2,1-5H3,(H,14,16)(H,15,17)/t9-,10+/m0/s1. The van der Waals surface area contributed by atoms with Crippen molar-refractivity contribution in [1.82, 2.24) is 10.9 Å². The zero-order chi connectivity index (χ0) is 13.9. The lowest BCUT2D eigenvalue weighted by Crippen LogP contribution is -2.43. The number of ether oxygens (including phenoxy) is 1. The molecular formula is C13H22N2O3. The number of nitrogens with one attached hydrogen (secondary N) is 2. The van der Waals surface area contributed by atoms with E-state index in [-0.39, 0.29) is 29.8 Å². The maximum absolute atomic E-state index is 11.9. The van der Waals surface area contributed by atoms with Crippen LogP contribution in [-0.4, -0.2) is 18.6 Å². The highest BCUT2D eigenvalue weighted by molar-refractivity contribution is 5.85. The molecule has 1 aliphatic carbocycles. The van der Waals surface area contributed by atoms with E-state index < -0.39 is 6.09 Å². The van der Waals surface area contributed by atoms with Gasteiger partial charge in [-0.2, -0.15) is 0 Å². The summed E-state index contributed by atoms with van der Waals surface area (Å²) < 4.78 is 4.66. The van der Waals surface area contributed by atoms with Gasteiger partial charge < -0.3 is 4.74 Å². The van der Waals surface area contributed by atoms with Crippen molar-refractivity contribution >= 4 is 12.0 Å². The average Bonchev–Trinajstić information content (AvgIpc) is 2.76. The smallest absolute Gasteiger partial charge is 0.426 e. The Balaban J connectivity index is 2.49. The number of hydrogen-bond acceptors (Lipinski definition) is 3. The number of hydrogen-bond donors (Lipinski definition) is 2. The minimum atomic E-state index is -0.636. The average molecular weight is 254 g/mol. The van der Waals surface area contributed by atoms with Crippen LogP contribution in [0, 0.1) is 17.3 Å². The van der Waals surface area contributed by atoms with E-state index in [9.17, 15) is 9.59 Å². The van der Waals surface area contributed by atoms with E-state index in [4.69, 9.17) is 0 Å². The van der Waals surface area contributed by atoms with Crippen molar-refractivity contribution < 1.29 is 14.3 Å². The van der Waals surface area contributed by atoms with Crippen molar-refractivity contribution in [2.75, 3.05) is 6.61 Å². The van der Waals surface area contributed by atoms with Gasteiger partial charge in [-0.25, -0.2) is 10.2 Å². The summed E-state index contributed by atoms with van der Waals surface area (Å²) in [4.78, 5) is 23.0. The molecule has 5 nitrogen and oxygen atoms in total. The van der Waals surface area contributed by atoms with Crippen LogP contribution in [0.25, 0.3) is 0 Å². The fourth-order valence-corrected chi connectivity index (χ4v) is 2.21. The van der Waals surface area contributed by atoms with Gasteiger partial charge in [0.2, 0.25) is 5.91 Å². The van der Waals surface area contributed by atoms with E-state index in [1.54, 1.807) is 6.92 Å². The van der Waals surface area contributed by atoms with Gasteiger partial charge in [0, 0.05) is 0 Å². The Bertz CT molecular complexity index is 370. The van der Waals surface area contributed by atoms with Gasteiger partial charge in [0.1, 0.15) is 0 Å². The molecule has 2 amide bonds. The summed E-state index contributed by atoms with van der Waals surface area (Å²) in [5, 5.41) is 0. The minimum absolute atomic E-state index is 0.0578. The van der Waals surface area contributed by atoms with Crippen molar-refractivity contribution in [2.24, 2.45) is 17.3 Å². The van der Waals surface area contributed by atoms with Crippen molar-refractivity contribution in [3.63, 3.8) is 0 Å². The molecule has 0 heterocycles. The van der Waals surface area contributed by atoms with Gasteiger partial charge in [-0.05, 0) is 32.1 Å². The Hall–Kier alpha value is -1.52. The van der Waals surface area contributed by atoms with Crippen LogP contribution in [0.5, 0.6) is 0 Å². The van der Waals surface area contributed by atoms with Crippen LogP contribution < -0.4 is 10.9 Å². The van der Waals surface area contributed by atoms with Gasteiger partial charge in [-0.1, -0.05) is 25.5 Å². The highest BCUT2D eigenvalue weighted by atomic mass is 16.5. The third-order valence-corrected chi connectivity index (χ3v) is 3.27. The summed E-state index contributed by atoms with van der Waals surface area (Å²) in [7, 11) is 0. The fraction of sp³-hybridized carbons (Fsp3) is 0.692. The Morgan fingerprint density at radius 1 is 1.28 bits per heavy atom. The molecule has 1 aliphatic rings. The second-order valence-electron chi connectivity index (χ2n) is 5.40. The van der Waals surface area contributed by atoms with Crippen molar-refractivity contribution in [1.29, 1.82) is 0 Å². The molecule has 102 valence electrons. The molecule has 5 heteroatoms. The molecule has 0 unspecified atom stereocenters. The monoisotopic (exact) mass is 254 g/mol. The number of hydrazine groups is 1. The summed E-state index contributed by atoms with van der Waals surface area (Å²) in [5.41, 5.74) is 5.77. The highest BCUT2D eigenvalue weighted by Gasteiger charge is 2.60. The van der Waals surface area contributed by atoms with Gasteiger partial charge in [-0.3, -0.25) is 10.2 Å². The Labute approximate surface area is 108 Å². The first-order valence-corrected chi connectivity index (χ1v) is 6.18. The second kappa shape index (κ2) is 5.42. The number of amides is 2. The van der Waals surface area contributed by atoms with Gasteiger partial charge in [0.25, 0.3) is 0 Å². The number of allylic oxidation sites excluding steroid dienone is 2. The maximum atomic E-state index is 11.9. The van der Waals surface area contributed by atoms with Gasteiger partial charge in [0.05, 0.1) is 12.5 Å². The Kier molecular flexibility index (Phi) is 4.38. The molecule has 2 N–H and O–H groups in total. The van der Waals surface area contributed by atoms with Gasteiger partial charge >= 0.3 is 6.09 Å². The Morgan fingerprint density at radius 2 is 1.89 bits per heavy atom. The molecule has 1 rings (SSSR count). The van der Waals surface area contributed by atoms with Crippen LogP contribution in [-0.2, 0) is 9.53 Å². The summed E-state index contributed by atoms with van der Waals surface area (Å²) in [5.74, 6) is -0.0450. The predicted octanol–water partition coefficient (Wildman–Crippen LogP) is 2.00. The summed E-state index contributed by atoms with van der Waals surface area (Å²) >= 11 is 0. The van der Waals surface area contributed by atoms with E-state index in [1.165, 1.54) is 5.57 Å². The summed E-state index contributed by atoms with van der Waals surface area (Å²) in [6.07, 6.45) is 1.47. The van der Waals surface area contributed by atoms with Crippen molar-refractivity contribution in [3.8, 4) is 0 Å². The molecule has 1 saturated carbocycles. The molecule has 0 aromatic carbocycles. The van der Waals surface area contributed by atoms with E-state index in [2.05, 4.69) is 21.7 Å². The molecule has 2 atom stereocenters. The van der Waals surface area contributed by atoms with Crippen molar-refractivity contribution in [3.05, 3.63) is 11.6 Å². The van der Waals surface area contributed by atoms with Crippen LogP contribution in [0.3, 0.4) is 0 Å². The Morgan fingerprint density at radius 3 is 2.39 bits per heavy atom. The lowest BCUT2D eigenvalue weighted by molar-refractivity contribution is -0.124. The highest BCUT2D eigenvalue weighted by Crippen LogP contribution is 2.59. The third kappa shape index (κ3) is 3.24. The van der Waals surface area contributed by atoms with Crippen LogP contribution in [0.15, 0.2) is 11.6 Å². The molecule has 0 aliphatic heterocycles. The predicted molar refractivity (Wildman–Crippen MR) is 68.5 cm³/mol. The zero-order valence-electron chi connectivity index (χ0n) is 11.7. The fourth-order valence-electron chi connectivity index (χ4n) is 2.21. The molecule has 1 fully saturated rings. The molecule has 18 heavy (non-hydrogen) atoms. The largest absolute Gasteiger partial charge is 0.449 e. The van der Waals surface area contributed by atoms with Crippen LogP contribution in [0.2, 0.25) is 0 Å². The lowest BCUT2D eigenvalue weighted by atomic mass is 10.1. The molecule has 0 aromatic rings. The molecule has 0 bridgehead atoms. The first-order valence-electron chi connectivity index (χ1n) is 6.18. The SMILES string of the molecule is CCOC(=O)NNC(=O)[C@H]1[C@H](C=C(C)C)C1(C)C. The van der Waals surface area contributed by atoms with Gasteiger partial charge in [0.15, 0.2) is 0 Å². The lowest BCUT2D eigenvalue weighted by Gasteiger charge is -2.07. The molecule has 0 saturated heterocycles. The summed E-state index contributed by atoms with van der Waals surface area (Å²) in [6.45, 7) is 10.1. The van der Waals surface area contributed by atoms with E-state index in [0.717, 1.165) is 0 Å². The molecule has 0 spiro atoms. The van der Waals surface area contributed by atoms with Crippen LogP contribution in [0.1, 0.15) is 34.6 Å². The van der Waals surface area contributed by atoms with Gasteiger partial charge in [-0.15, -0.1) is 0 Å². The molecule has 0 radical (unpaired) electrons. The first kappa shape index (κ1) is 14.5. The molecular weight excluding hydrogens is 232 g/mol. The number of carbonyl (C=O) groups is 2.